The fraction of sp³-hybridized carbons (Fsp3) is 0.267. The zero-order chi connectivity index (χ0) is 18.1. The number of ether oxygens (including phenoxy) is 1. The van der Waals surface area contributed by atoms with Gasteiger partial charge in [0.15, 0.2) is 0 Å². The van der Waals surface area contributed by atoms with Gasteiger partial charge < -0.3 is 15.3 Å². The Balaban J connectivity index is 2.67. The molecule has 9 nitrogen and oxygen atoms in total. The minimum absolute atomic E-state index is 0.0798. The van der Waals surface area contributed by atoms with Gasteiger partial charge in [-0.2, -0.15) is 5.10 Å². The molecule has 3 N–H and O–H groups in total. The fourth-order valence-electron chi connectivity index (χ4n) is 1.52. The molecule has 1 aromatic carbocycles. The van der Waals surface area contributed by atoms with Crippen LogP contribution >= 0.6 is 0 Å². The van der Waals surface area contributed by atoms with E-state index in [1.165, 1.54) is 6.92 Å². The summed E-state index contributed by atoms with van der Waals surface area (Å²) in [5, 5.41) is 17.5. The van der Waals surface area contributed by atoms with Crippen LogP contribution in [0, 0.1) is 6.92 Å². The van der Waals surface area contributed by atoms with Crippen LogP contribution in [0.3, 0.4) is 0 Å². The van der Waals surface area contributed by atoms with E-state index in [-0.39, 0.29) is 12.3 Å². The van der Waals surface area contributed by atoms with Gasteiger partial charge in [0.25, 0.3) is 0 Å². The van der Waals surface area contributed by atoms with Crippen LogP contribution in [0.4, 0.5) is 5.69 Å². The zero-order valence-corrected chi connectivity index (χ0v) is 13.5. The molecule has 0 unspecified atom stereocenters. The normalized spacial score (nSPS) is 11.6. The Labute approximate surface area is 138 Å². The Morgan fingerprint density at radius 2 is 1.79 bits per heavy atom. The molecular weight excluding hydrogens is 316 g/mol. The summed E-state index contributed by atoms with van der Waals surface area (Å²) < 4.78 is 4.66. The van der Waals surface area contributed by atoms with Crippen molar-refractivity contribution in [3.8, 4) is 0 Å². The van der Waals surface area contributed by atoms with E-state index in [9.17, 15) is 14.4 Å². The second-order valence-corrected chi connectivity index (χ2v) is 4.63. The SMILES string of the molecule is CCOC(=O)C(=NO)C(C)=NNC(=O)C(=O)Nc1ccc(C)cc1. The molecule has 0 heterocycles. The number of anilines is 1. The number of benzene rings is 1. The molecule has 0 radical (unpaired) electrons. The lowest BCUT2D eigenvalue weighted by Gasteiger charge is -2.06. The van der Waals surface area contributed by atoms with E-state index in [1.54, 1.807) is 31.2 Å². The standard InChI is InChI=1S/C15H18N4O5/c1-4-24-15(22)12(19-23)10(3)17-18-14(21)13(20)16-11-7-5-9(2)6-8-11/h5-8,23H,4H2,1-3H3,(H,16,20)(H,18,21). The van der Waals surface area contributed by atoms with E-state index in [2.05, 4.69) is 20.3 Å². The molecule has 0 aliphatic heterocycles. The van der Waals surface area contributed by atoms with Crippen LogP contribution in [0.25, 0.3) is 0 Å². The summed E-state index contributed by atoms with van der Waals surface area (Å²) >= 11 is 0. The Morgan fingerprint density at radius 1 is 1.17 bits per heavy atom. The van der Waals surface area contributed by atoms with E-state index in [0.29, 0.717) is 5.69 Å². The molecule has 0 aliphatic carbocycles. The number of aryl methyl sites for hydroxylation is 1. The van der Waals surface area contributed by atoms with Crippen molar-refractivity contribution in [3.05, 3.63) is 29.8 Å². The maximum absolute atomic E-state index is 11.7. The number of carbonyl (C=O) groups excluding carboxylic acids is 3. The quantitative estimate of drug-likeness (QED) is 0.241. The van der Waals surface area contributed by atoms with Crippen molar-refractivity contribution < 1.29 is 24.3 Å². The number of nitrogens with zero attached hydrogens (tertiary/aromatic N) is 2. The lowest BCUT2D eigenvalue weighted by atomic mass is 10.2. The number of rotatable bonds is 5. The van der Waals surface area contributed by atoms with Gasteiger partial charge in [-0.05, 0) is 32.9 Å². The maximum Gasteiger partial charge on any atom is 0.362 e. The second-order valence-electron chi connectivity index (χ2n) is 4.63. The number of hydrogen-bond acceptors (Lipinski definition) is 7. The van der Waals surface area contributed by atoms with E-state index in [4.69, 9.17) is 5.21 Å². The van der Waals surface area contributed by atoms with Crippen LogP contribution in [0.1, 0.15) is 19.4 Å². The van der Waals surface area contributed by atoms with Crippen LogP contribution in [0.15, 0.2) is 34.5 Å². The molecule has 0 saturated heterocycles. The van der Waals surface area contributed by atoms with Crippen molar-refractivity contribution in [2.45, 2.75) is 20.8 Å². The highest BCUT2D eigenvalue weighted by Gasteiger charge is 2.19. The van der Waals surface area contributed by atoms with Crippen molar-refractivity contribution in [2.24, 2.45) is 10.3 Å². The molecule has 128 valence electrons. The Bertz CT molecular complexity index is 680. The Morgan fingerprint density at radius 3 is 2.33 bits per heavy atom. The number of carbonyl (C=O) groups is 3. The maximum atomic E-state index is 11.7. The van der Waals surface area contributed by atoms with E-state index < -0.39 is 23.5 Å². The smallest absolute Gasteiger partial charge is 0.362 e. The number of amides is 2. The summed E-state index contributed by atoms with van der Waals surface area (Å²) in [5.41, 5.74) is 2.83. The molecule has 2 amide bonds. The molecule has 0 spiro atoms. The number of oxime groups is 1. The first-order chi connectivity index (χ1) is 11.4. The van der Waals surface area contributed by atoms with Crippen LogP contribution in [0.5, 0.6) is 0 Å². The van der Waals surface area contributed by atoms with Crippen molar-refractivity contribution in [1.82, 2.24) is 5.43 Å². The van der Waals surface area contributed by atoms with Crippen molar-refractivity contribution in [2.75, 3.05) is 11.9 Å². The monoisotopic (exact) mass is 334 g/mol. The first kappa shape index (κ1) is 18.8. The third-order valence-corrected chi connectivity index (χ3v) is 2.75. The molecule has 1 aromatic rings. The molecular formula is C15H18N4O5. The highest BCUT2D eigenvalue weighted by Crippen LogP contribution is 2.08. The van der Waals surface area contributed by atoms with E-state index in [1.807, 2.05) is 12.3 Å². The van der Waals surface area contributed by atoms with E-state index >= 15 is 0 Å². The minimum atomic E-state index is -1.05. The van der Waals surface area contributed by atoms with Crippen molar-refractivity contribution in [3.63, 3.8) is 0 Å². The largest absolute Gasteiger partial charge is 0.461 e. The first-order valence-corrected chi connectivity index (χ1v) is 7.00. The summed E-state index contributed by atoms with van der Waals surface area (Å²) in [6.07, 6.45) is 0. The third kappa shape index (κ3) is 5.52. The summed E-state index contributed by atoms with van der Waals surface area (Å²) in [5.74, 6) is -2.88. The van der Waals surface area contributed by atoms with Crippen LogP contribution in [0.2, 0.25) is 0 Å². The van der Waals surface area contributed by atoms with Gasteiger partial charge in [0, 0.05) is 5.69 Å². The average molecular weight is 334 g/mol. The third-order valence-electron chi connectivity index (χ3n) is 2.75. The lowest BCUT2D eigenvalue weighted by molar-refractivity contribution is -0.136. The average Bonchev–Trinajstić information content (AvgIpc) is 2.55. The van der Waals surface area contributed by atoms with E-state index in [0.717, 1.165) is 5.56 Å². The van der Waals surface area contributed by atoms with Crippen LogP contribution in [-0.4, -0.2) is 41.0 Å². The number of nitrogens with one attached hydrogen (secondary N) is 2. The van der Waals surface area contributed by atoms with Gasteiger partial charge in [-0.3, -0.25) is 9.59 Å². The van der Waals surface area contributed by atoms with Crippen molar-refractivity contribution >= 4 is 34.9 Å². The predicted octanol–water partition coefficient (Wildman–Crippen LogP) is 0.819. The van der Waals surface area contributed by atoms with Gasteiger partial charge in [-0.25, -0.2) is 10.2 Å². The highest BCUT2D eigenvalue weighted by molar-refractivity contribution is 6.65. The molecule has 1 rings (SSSR count). The molecule has 0 fully saturated rings. The lowest BCUT2D eigenvalue weighted by Crippen LogP contribution is -2.34. The fourth-order valence-corrected chi connectivity index (χ4v) is 1.52. The summed E-state index contributed by atoms with van der Waals surface area (Å²) in [6, 6.07) is 6.84. The number of hydrazone groups is 1. The van der Waals surface area contributed by atoms with Crippen LogP contribution < -0.4 is 10.7 Å². The number of hydrogen-bond donors (Lipinski definition) is 3. The second kappa shape index (κ2) is 9.03. The first-order valence-electron chi connectivity index (χ1n) is 7.00. The predicted molar refractivity (Wildman–Crippen MR) is 86.9 cm³/mol. The van der Waals surface area contributed by atoms with Crippen LogP contribution in [-0.2, 0) is 19.1 Å². The summed E-state index contributed by atoms with van der Waals surface area (Å²) in [6.45, 7) is 4.86. The Kier molecular flexibility index (Phi) is 7.08. The Hall–Kier alpha value is -3.23. The van der Waals surface area contributed by atoms with Gasteiger partial charge in [-0.1, -0.05) is 22.9 Å². The minimum Gasteiger partial charge on any atom is -0.461 e. The van der Waals surface area contributed by atoms with Gasteiger partial charge >= 0.3 is 17.8 Å². The molecule has 24 heavy (non-hydrogen) atoms. The molecule has 0 aromatic heterocycles. The molecule has 0 atom stereocenters. The molecule has 0 aliphatic rings. The van der Waals surface area contributed by atoms with Gasteiger partial charge in [0.1, 0.15) is 0 Å². The molecule has 0 bridgehead atoms. The number of esters is 1. The summed E-state index contributed by atoms with van der Waals surface area (Å²) in [4.78, 5) is 34.9. The topological polar surface area (TPSA) is 129 Å². The van der Waals surface area contributed by atoms with Gasteiger partial charge in [0.2, 0.25) is 5.71 Å². The molecule has 9 heteroatoms. The zero-order valence-electron chi connectivity index (χ0n) is 13.5. The van der Waals surface area contributed by atoms with Crippen molar-refractivity contribution in [1.29, 1.82) is 0 Å². The summed E-state index contributed by atoms with van der Waals surface area (Å²) in [7, 11) is 0. The highest BCUT2D eigenvalue weighted by atomic mass is 16.5. The van der Waals surface area contributed by atoms with Gasteiger partial charge in [-0.15, -0.1) is 0 Å². The van der Waals surface area contributed by atoms with Gasteiger partial charge in [0.05, 0.1) is 12.3 Å². The molecule has 0 saturated carbocycles.